The van der Waals surface area contributed by atoms with Crippen molar-refractivity contribution in [2.75, 3.05) is 7.11 Å². The summed E-state index contributed by atoms with van der Waals surface area (Å²) in [5, 5.41) is 3.79. The van der Waals surface area contributed by atoms with Gasteiger partial charge in [-0.15, -0.1) is 0 Å². The number of aromatic nitrogens is 1. The second-order valence-corrected chi connectivity index (χ2v) is 6.37. The summed E-state index contributed by atoms with van der Waals surface area (Å²) in [7, 11) is 1.32. The third kappa shape index (κ3) is 3.68. The highest BCUT2D eigenvalue weighted by atomic mass is 79.9. The Balaban J connectivity index is 2.12. The lowest BCUT2D eigenvalue weighted by Crippen LogP contribution is -2.46. The fraction of sp³-hybridized carbons (Fsp3) is 0.375. The Labute approximate surface area is 137 Å². The molecule has 0 unspecified atom stereocenters. The number of carbonyl (C=O) groups excluding carboxylic acids is 2. The Morgan fingerprint density at radius 3 is 2.68 bits per heavy atom. The zero-order chi connectivity index (χ0) is 16.3. The summed E-state index contributed by atoms with van der Waals surface area (Å²) in [6, 6.07) is 7.20. The molecule has 0 saturated heterocycles. The quantitative estimate of drug-likeness (QED) is 0.827. The first kappa shape index (κ1) is 16.5. The third-order valence-corrected chi connectivity index (χ3v) is 3.98. The van der Waals surface area contributed by atoms with Crippen LogP contribution in [0.15, 0.2) is 34.9 Å². The molecule has 1 N–H and O–H groups in total. The Kier molecular flexibility index (Phi) is 5.24. The summed E-state index contributed by atoms with van der Waals surface area (Å²) in [6.45, 7) is 3.89. The van der Waals surface area contributed by atoms with E-state index in [0.29, 0.717) is 0 Å². The average Bonchev–Trinajstić information content (AvgIpc) is 2.85. The van der Waals surface area contributed by atoms with Gasteiger partial charge in [-0.2, -0.15) is 0 Å². The summed E-state index contributed by atoms with van der Waals surface area (Å²) in [4.78, 5) is 23.9. The standard InChI is InChI=1S/C16H19BrN2O3/c1-10(2)15(16(21)22-3)18-14(20)9-19-7-6-11-8-12(17)4-5-13(11)19/h4-8,10,15H,9H2,1-3H3,(H,18,20)/t15-/m0/s1. The number of nitrogens with zero attached hydrogens (tertiary/aromatic N) is 1. The van der Waals surface area contributed by atoms with Gasteiger partial charge in [0.1, 0.15) is 12.6 Å². The van der Waals surface area contributed by atoms with E-state index in [0.717, 1.165) is 15.4 Å². The number of halogens is 1. The average molecular weight is 367 g/mol. The molecule has 6 heteroatoms. The molecular formula is C16H19BrN2O3. The monoisotopic (exact) mass is 366 g/mol. The molecule has 1 aromatic heterocycles. The second-order valence-electron chi connectivity index (χ2n) is 5.46. The van der Waals surface area contributed by atoms with Crippen molar-refractivity contribution in [3.63, 3.8) is 0 Å². The van der Waals surface area contributed by atoms with E-state index < -0.39 is 12.0 Å². The number of methoxy groups -OCH3 is 1. The van der Waals surface area contributed by atoms with Gasteiger partial charge in [-0.3, -0.25) is 4.79 Å². The Bertz CT molecular complexity index is 694. The first-order valence-corrected chi connectivity index (χ1v) is 7.83. The number of ether oxygens (including phenoxy) is 1. The highest BCUT2D eigenvalue weighted by molar-refractivity contribution is 9.10. The molecule has 1 amide bonds. The maximum atomic E-state index is 12.2. The zero-order valence-electron chi connectivity index (χ0n) is 12.8. The highest BCUT2D eigenvalue weighted by Gasteiger charge is 2.24. The normalized spacial score (nSPS) is 12.4. The van der Waals surface area contributed by atoms with Crippen molar-refractivity contribution in [1.29, 1.82) is 0 Å². The number of benzene rings is 1. The first-order valence-electron chi connectivity index (χ1n) is 7.04. The molecule has 0 bridgehead atoms. The number of carbonyl (C=O) groups is 2. The van der Waals surface area contributed by atoms with Crippen LogP contribution in [-0.4, -0.2) is 29.6 Å². The largest absolute Gasteiger partial charge is 0.467 e. The van der Waals surface area contributed by atoms with Gasteiger partial charge >= 0.3 is 5.97 Å². The van der Waals surface area contributed by atoms with Gasteiger partial charge in [0.2, 0.25) is 5.91 Å². The van der Waals surface area contributed by atoms with Gasteiger partial charge < -0.3 is 14.6 Å². The summed E-state index contributed by atoms with van der Waals surface area (Å²) < 4.78 is 7.57. The van der Waals surface area contributed by atoms with Crippen LogP contribution >= 0.6 is 15.9 Å². The molecule has 1 aromatic carbocycles. The van der Waals surface area contributed by atoms with E-state index in [4.69, 9.17) is 4.74 Å². The molecule has 0 spiro atoms. The second kappa shape index (κ2) is 6.96. The zero-order valence-corrected chi connectivity index (χ0v) is 14.4. The maximum Gasteiger partial charge on any atom is 0.328 e. The molecule has 0 aliphatic heterocycles. The van der Waals surface area contributed by atoms with Crippen molar-refractivity contribution in [3.05, 3.63) is 34.9 Å². The molecule has 0 fully saturated rings. The van der Waals surface area contributed by atoms with E-state index in [2.05, 4.69) is 21.2 Å². The molecule has 0 aliphatic rings. The van der Waals surface area contributed by atoms with Crippen molar-refractivity contribution >= 4 is 38.7 Å². The highest BCUT2D eigenvalue weighted by Crippen LogP contribution is 2.20. The van der Waals surface area contributed by atoms with Gasteiger partial charge in [0.15, 0.2) is 0 Å². The van der Waals surface area contributed by atoms with E-state index in [-0.39, 0.29) is 18.4 Å². The number of nitrogens with one attached hydrogen (secondary N) is 1. The van der Waals surface area contributed by atoms with Crippen LogP contribution in [0.5, 0.6) is 0 Å². The molecule has 2 rings (SSSR count). The minimum atomic E-state index is -0.631. The van der Waals surface area contributed by atoms with Gasteiger partial charge in [0.05, 0.1) is 7.11 Å². The van der Waals surface area contributed by atoms with E-state index in [9.17, 15) is 9.59 Å². The van der Waals surface area contributed by atoms with Crippen molar-refractivity contribution in [1.82, 2.24) is 9.88 Å². The topological polar surface area (TPSA) is 60.3 Å². The lowest BCUT2D eigenvalue weighted by molar-refractivity contribution is -0.146. The van der Waals surface area contributed by atoms with Crippen molar-refractivity contribution in [3.8, 4) is 0 Å². The lowest BCUT2D eigenvalue weighted by atomic mass is 10.0. The minimum Gasteiger partial charge on any atom is -0.467 e. The molecule has 5 nitrogen and oxygen atoms in total. The summed E-state index contributed by atoms with van der Waals surface area (Å²) in [5.74, 6) is -0.678. The van der Waals surface area contributed by atoms with Crippen molar-refractivity contribution in [2.24, 2.45) is 5.92 Å². The van der Waals surface area contributed by atoms with E-state index in [1.165, 1.54) is 7.11 Å². The van der Waals surface area contributed by atoms with Crippen LogP contribution in [0.4, 0.5) is 0 Å². The van der Waals surface area contributed by atoms with Gasteiger partial charge in [-0.1, -0.05) is 29.8 Å². The molecule has 22 heavy (non-hydrogen) atoms. The molecule has 1 heterocycles. The van der Waals surface area contributed by atoms with Crippen LogP contribution in [0.2, 0.25) is 0 Å². The SMILES string of the molecule is COC(=O)[C@@H](NC(=O)Cn1ccc2cc(Br)ccc21)C(C)C. The summed E-state index contributed by atoms with van der Waals surface area (Å²) >= 11 is 3.43. The van der Waals surface area contributed by atoms with Gasteiger partial charge in [-0.05, 0) is 30.2 Å². The van der Waals surface area contributed by atoms with Crippen LogP contribution in [-0.2, 0) is 20.9 Å². The molecule has 1 atom stereocenters. The van der Waals surface area contributed by atoms with E-state index in [1.807, 2.05) is 48.9 Å². The van der Waals surface area contributed by atoms with Gasteiger partial charge in [0.25, 0.3) is 0 Å². The lowest BCUT2D eigenvalue weighted by Gasteiger charge is -2.20. The van der Waals surface area contributed by atoms with Crippen LogP contribution < -0.4 is 5.32 Å². The van der Waals surface area contributed by atoms with Crippen LogP contribution in [0, 0.1) is 5.92 Å². The Hall–Kier alpha value is -1.82. The van der Waals surface area contributed by atoms with Crippen LogP contribution in [0.25, 0.3) is 10.9 Å². The molecule has 0 saturated carbocycles. The minimum absolute atomic E-state index is 0.0336. The fourth-order valence-electron chi connectivity index (χ4n) is 2.31. The molecule has 118 valence electrons. The third-order valence-electron chi connectivity index (χ3n) is 3.49. The number of fused-ring (bicyclic) bond motifs is 1. The summed E-state index contributed by atoms with van der Waals surface area (Å²) in [6.07, 6.45) is 1.86. The van der Waals surface area contributed by atoms with Crippen LogP contribution in [0.3, 0.4) is 0 Å². The molecular weight excluding hydrogens is 348 g/mol. The Morgan fingerprint density at radius 2 is 2.05 bits per heavy atom. The van der Waals surface area contributed by atoms with Crippen LogP contribution in [0.1, 0.15) is 13.8 Å². The fourth-order valence-corrected chi connectivity index (χ4v) is 2.69. The first-order chi connectivity index (χ1) is 10.4. The summed E-state index contributed by atoms with van der Waals surface area (Å²) in [5.41, 5.74) is 0.970. The number of rotatable bonds is 5. The predicted molar refractivity (Wildman–Crippen MR) is 88.4 cm³/mol. The predicted octanol–water partition coefficient (Wildman–Crippen LogP) is 2.72. The van der Waals surface area contributed by atoms with Crippen molar-refractivity contribution in [2.45, 2.75) is 26.4 Å². The number of esters is 1. The smallest absolute Gasteiger partial charge is 0.328 e. The van der Waals surface area contributed by atoms with Gasteiger partial charge in [0, 0.05) is 21.6 Å². The van der Waals surface area contributed by atoms with Crippen molar-refractivity contribution < 1.29 is 14.3 Å². The van der Waals surface area contributed by atoms with E-state index in [1.54, 1.807) is 0 Å². The number of amides is 1. The number of hydrogen-bond acceptors (Lipinski definition) is 3. The van der Waals surface area contributed by atoms with Gasteiger partial charge in [-0.25, -0.2) is 4.79 Å². The molecule has 0 radical (unpaired) electrons. The van der Waals surface area contributed by atoms with E-state index >= 15 is 0 Å². The number of hydrogen-bond donors (Lipinski definition) is 1. The maximum absolute atomic E-state index is 12.2. The molecule has 0 aliphatic carbocycles. The Morgan fingerprint density at radius 1 is 1.32 bits per heavy atom. The molecule has 2 aromatic rings.